The fourth-order valence-corrected chi connectivity index (χ4v) is 5.02. The summed E-state index contributed by atoms with van der Waals surface area (Å²) in [5, 5.41) is 7.97. The van der Waals surface area contributed by atoms with Gasteiger partial charge in [-0.2, -0.15) is 0 Å². The summed E-state index contributed by atoms with van der Waals surface area (Å²) in [7, 11) is 0. The van der Waals surface area contributed by atoms with Gasteiger partial charge in [-0.15, -0.1) is 0 Å². The van der Waals surface area contributed by atoms with E-state index < -0.39 is 23.8 Å². The summed E-state index contributed by atoms with van der Waals surface area (Å²) in [6, 6.07) is 17.9. The van der Waals surface area contributed by atoms with Crippen molar-refractivity contribution in [1.82, 2.24) is 10.2 Å². The molecule has 0 fully saturated rings. The van der Waals surface area contributed by atoms with Gasteiger partial charge < -0.3 is 20.3 Å². The predicted octanol–water partition coefficient (Wildman–Crippen LogP) is 7.31. The molecule has 0 heterocycles. The maximum Gasteiger partial charge on any atom is 0.408 e. The third-order valence-corrected chi connectivity index (χ3v) is 7.04. The highest BCUT2D eigenvalue weighted by Crippen LogP contribution is 2.29. The summed E-state index contributed by atoms with van der Waals surface area (Å²) < 4.78 is 5.49. The number of hydrogen-bond acceptors (Lipinski definition) is 4. The first-order valence-electron chi connectivity index (χ1n) is 14.5. The van der Waals surface area contributed by atoms with Crippen molar-refractivity contribution in [2.45, 2.75) is 85.9 Å². The van der Waals surface area contributed by atoms with Gasteiger partial charge in [-0.3, -0.25) is 9.59 Å². The van der Waals surface area contributed by atoms with Crippen LogP contribution in [-0.2, 0) is 14.3 Å². The average molecular weight is 560 g/mol. The van der Waals surface area contributed by atoms with E-state index in [4.69, 9.17) is 4.74 Å². The van der Waals surface area contributed by atoms with E-state index in [1.54, 1.807) is 25.7 Å². The van der Waals surface area contributed by atoms with E-state index in [2.05, 4.69) is 10.6 Å². The molecule has 2 N–H and O–H groups in total. The smallest absolute Gasteiger partial charge is 0.408 e. The van der Waals surface area contributed by atoms with Crippen LogP contribution in [0.4, 0.5) is 10.5 Å². The van der Waals surface area contributed by atoms with Crippen molar-refractivity contribution in [3.8, 4) is 0 Å². The van der Waals surface area contributed by atoms with Crippen molar-refractivity contribution in [3.05, 3.63) is 77.4 Å². The van der Waals surface area contributed by atoms with Gasteiger partial charge in [-0.05, 0) is 75.4 Å². The number of carbonyl (C=O) groups is 3. The van der Waals surface area contributed by atoms with Gasteiger partial charge >= 0.3 is 6.09 Å². The number of hydrogen-bond donors (Lipinski definition) is 2. The Morgan fingerprint density at radius 2 is 1.54 bits per heavy atom. The number of amides is 3. The lowest BCUT2D eigenvalue weighted by Crippen LogP contribution is -2.54. The number of aryl methyl sites for hydroxylation is 2. The molecule has 220 valence electrons. The lowest BCUT2D eigenvalue weighted by atomic mass is 9.94. The van der Waals surface area contributed by atoms with Crippen LogP contribution in [0.3, 0.4) is 0 Å². The minimum absolute atomic E-state index is 0.183. The van der Waals surface area contributed by atoms with Crippen LogP contribution in [0.2, 0.25) is 0 Å². The molecule has 3 atom stereocenters. The van der Waals surface area contributed by atoms with Crippen molar-refractivity contribution in [2.24, 2.45) is 5.92 Å². The number of benzene rings is 3. The van der Waals surface area contributed by atoms with Gasteiger partial charge in [0.2, 0.25) is 5.91 Å². The monoisotopic (exact) mass is 559 g/mol. The van der Waals surface area contributed by atoms with E-state index in [9.17, 15) is 14.4 Å². The van der Waals surface area contributed by atoms with Crippen molar-refractivity contribution >= 4 is 34.4 Å². The van der Waals surface area contributed by atoms with Crippen LogP contribution in [-0.4, -0.2) is 41.0 Å². The standard InChI is InChI=1S/C34H45N3O4/c1-9-17-37(32(39)29(24(5)10-2)36-33(40)41-34(6,7)8)30(27-19-22(3)18-23(4)20-27)31(38)35-28-16-15-25-13-11-12-14-26(25)21-28/h11-16,18-21,24,29-30H,9-10,17H2,1-8H3,(H,35,38)(H,36,40). The van der Waals surface area contributed by atoms with E-state index in [1.165, 1.54) is 0 Å². The summed E-state index contributed by atoms with van der Waals surface area (Å²) >= 11 is 0. The minimum Gasteiger partial charge on any atom is -0.444 e. The van der Waals surface area contributed by atoms with E-state index >= 15 is 0 Å². The second-order valence-corrected chi connectivity index (χ2v) is 11.9. The van der Waals surface area contributed by atoms with Crippen molar-refractivity contribution in [3.63, 3.8) is 0 Å². The summed E-state index contributed by atoms with van der Waals surface area (Å²) in [6.45, 7) is 15.5. The lowest BCUT2D eigenvalue weighted by molar-refractivity contribution is -0.141. The Morgan fingerprint density at radius 3 is 2.12 bits per heavy atom. The Labute approximate surface area is 244 Å². The van der Waals surface area contributed by atoms with Crippen molar-refractivity contribution in [1.29, 1.82) is 0 Å². The Hall–Kier alpha value is -3.87. The average Bonchev–Trinajstić information content (AvgIpc) is 2.89. The molecule has 0 saturated heterocycles. The van der Waals surface area contributed by atoms with Gasteiger partial charge in [0.25, 0.3) is 5.91 Å². The number of alkyl carbamates (subject to hydrolysis) is 1. The normalized spacial score (nSPS) is 13.7. The molecular weight excluding hydrogens is 514 g/mol. The van der Waals surface area contributed by atoms with Crippen LogP contribution in [0.1, 0.15) is 77.1 Å². The van der Waals surface area contributed by atoms with Gasteiger partial charge in [-0.25, -0.2) is 4.79 Å². The molecule has 7 heteroatoms. The summed E-state index contributed by atoms with van der Waals surface area (Å²) in [5.74, 6) is -0.810. The Kier molecular flexibility index (Phi) is 10.5. The van der Waals surface area contributed by atoms with Crippen molar-refractivity contribution in [2.75, 3.05) is 11.9 Å². The minimum atomic E-state index is -0.903. The summed E-state index contributed by atoms with van der Waals surface area (Å²) in [4.78, 5) is 42.9. The van der Waals surface area contributed by atoms with Crippen LogP contribution < -0.4 is 10.6 Å². The number of carbonyl (C=O) groups excluding carboxylic acids is 3. The van der Waals surface area contributed by atoms with Gasteiger partial charge in [0, 0.05) is 12.2 Å². The highest BCUT2D eigenvalue weighted by Gasteiger charge is 2.38. The third kappa shape index (κ3) is 8.56. The first-order chi connectivity index (χ1) is 19.3. The van der Waals surface area contributed by atoms with E-state index in [-0.39, 0.29) is 17.7 Å². The largest absolute Gasteiger partial charge is 0.444 e. The van der Waals surface area contributed by atoms with Crippen LogP contribution in [0.25, 0.3) is 10.8 Å². The molecule has 0 aromatic heterocycles. The molecule has 3 amide bonds. The van der Waals surface area contributed by atoms with E-state index in [0.717, 1.165) is 27.5 Å². The Bertz CT molecular complexity index is 1360. The van der Waals surface area contributed by atoms with Gasteiger partial charge in [-0.1, -0.05) is 86.8 Å². The SMILES string of the molecule is CCCN(C(=O)C(NC(=O)OC(C)(C)C)C(C)CC)C(C(=O)Nc1ccc2ccccc2c1)c1cc(C)cc(C)c1. The molecule has 0 saturated carbocycles. The number of rotatable bonds is 10. The first kappa shape index (κ1) is 31.7. The van der Waals surface area contributed by atoms with Crippen LogP contribution >= 0.6 is 0 Å². The zero-order valence-corrected chi connectivity index (χ0v) is 25.7. The van der Waals surface area contributed by atoms with E-state index in [1.807, 2.05) is 95.3 Å². The van der Waals surface area contributed by atoms with Crippen LogP contribution in [0.5, 0.6) is 0 Å². The molecule has 3 rings (SSSR count). The quantitative estimate of drug-likeness (QED) is 0.273. The summed E-state index contributed by atoms with van der Waals surface area (Å²) in [6.07, 6.45) is 0.635. The molecule has 0 radical (unpaired) electrons. The number of ether oxygens (including phenoxy) is 1. The van der Waals surface area contributed by atoms with Gasteiger partial charge in [0.1, 0.15) is 17.7 Å². The van der Waals surface area contributed by atoms with Gasteiger partial charge in [0.05, 0.1) is 0 Å². The molecule has 0 bridgehead atoms. The third-order valence-electron chi connectivity index (χ3n) is 7.04. The second-order valence-electron chi connectivity index (χ2n) is 11.9. The lowest BCUT2D eigenvalue weighted by Gasteiger charge is -2.36. The van der Waals surface area contributed by atoms with Crippen LogP contribution in [0, 0.1) is 19.8 Å². The molecule has 3 aromatic rings. The zero-order valence-electron chi connectivity index (χ0n) is 25.7. The molecule has 0 aliphatic rings. The molecule has 3 aromatic carbocycles. The zero-order chi connectivity index (χ0) is 30.3. The topological polar surface area (TPSA) is 87.7 Å². The molecular formula is C34H45N3O4. The molecule has 3 unspecified atom stereocenters. The number of fused-ring (bicyclic) bond motifs is 1. The molecule has 7 nitrogen and oxygen atoms in total. The van der Waals surface area contributed by atoms with E-state index in [0.29, 0.717) is 25.1 Å². The maximum atomic E-state index is 14.3. The maximum absolute atomic E-state index is 14.3. The highest BCUT2D eigenvalue weighted by molar-refractivity contribution is 6.00. The van der Waals surface area contributed by atoms with Crippen molar-refractivity contribution < 1.29 is 19.1 Å². The molecule has 0 aliphatic heterocycles. The summed E-state index contributed by atoms with van der Waals surface area (Å²) in [5.41, 5.74) is 2.66. The Morgan fingerprint density at radius 1 is 0.902 bits per heavy atom. The van der Waals surface area contributed by atoms with Gasteiger partial charge in [0.15, 0.2) is 0 Å². The predicted molar refractivity (Wildman–Crippen MR) is 166 cm³/mol. The fraction of sp³-hybridized carbons (Fsp3) is 0.441. The fourth-order valence-electron chi connectivity index (χ4n) is 5.02. The Balaban J connectivity index is 2.05. The number of nitrogens with zero attached hydrogens (tertiary/aromatic N) is 1. The number of nitrogens with one attached hydrogen (secondary N) is 2. The molecule has 0 aliphatic carbocycles. The first-order valence-corrected chi connectivity index (χ1v) is 14.5. The second kappa shape index (κ2) is 13.7. The highest BCUT2D eigenvalue weighted by atomic mass is 16.6. The molecule has 41 heavy (non-hydrogen) atoms. The molecule has 0 spiro atoms. The number of anilines is 1. The van der Waals surface area contributed by atoms with Crippen LogP contribution in [0.15, 0.2) is 60.7 Å².